The number of hydrogen-bond donors (Lipinski definition) is 1. The Hall–Kier alpha value is -3.75. The van der Waals surface area contributed by atoms with Crippen molar-refractivity contribution in [1.29, 1.82) is 0 Å². The standard InChI is InChI=1S/C33H32BrClN4O3/c1-22-6-2-3-8-24(22)13-16-29-28(32(42)38(21-31(40)41)20-23-7-4-9-26(34)18-23)19-36-33(37-29)39-17-5-10-30(39)25-11-14-27(35)15-12-25/h2-4,6-9,11-12,14-15,18-19,30H,5,10,13,16-17,20-21H2,1H3,(H,40,41)/t30-/m0/s1. The monoisotopic (exact) mass is 646 g/mol. The summed E-state index contributed by atoms with van der Waals surface area (Å²) in [5.74, 6) is -0.917. The third-order valence-electron chi connectivity index (χ3n) is 7.62. The molecule has 0 bridgehead atoms. The predicted octanol–water partition coefficient (Wildman–Crippen LogP) is 7.05. The Morgan fingerprint density at radius 2 is 1.86 bits per heavy atom. The highest BCUT2D eigenvalue weighted by Gasteiger charge is 2.30. The molecule has 1 fully saturated rings. The molecule has 1 amide bonds. The SMILES string of the molecule is Cc1ccccc1CCc1nc(N2CCC[C@H]2c2ccc(Cl)cc2)ncc1C(=O)N(CC(=O)O)Cc1cccc(Br)c1. The maximum absolute atomic E-state index is 14.0. The third kappa shape index (κ3) is 7.17. The highest BCUT2D eigenvalue weighted by atomic mass is 79.9. The molecule has 0 unspecified atom stereocenters. The van der Waals surface area contributed by atoms with E-state index in [1.165, 1.54) is 16.0 Å². The van der Waals surface area contributed by atoms with E-state index in [2.05, 4.69) is 44.9 Å². The van der Waals surface area contributed by atoms with Crippen LogP contribution in [-0.2, 0) is 24.2 Å². The predicted molar refractivity (Wildman–Crippen MR) is 168 cm³/mol. The first-order valence-electron chi connectivity index (χ1n) is 14.0. The Balaban J connectivity index is 1.49. The molecule has 1 aromatic heterocycles. The second-order valence-corrected chi connectivity index (χ2v) is 11.9. The second-order valence-electron chi connectivity index (χ2n) is 10.5. The zero-order valence-corrected chi connectivity index (χ0v) is 25.7. The number of aliphatic carboxylic acids is 1. The summed E-state index contributed by atoms with van der Waals surface area (Å²) >= 11 is 9.60. The van der Waals surface area contributed by atoms with Crippen LogP contribution in [0.25, 0.3) is 0 Å². The summed E-state index contributed by atoms with van der Waals surface area (Å²) in [6.45, 7) is 2.58. The van der Waals surface area contributed by atoms with Gasteiger partial charge in [0.25, 0.3) is 5.91 Å². The van der Waals surface area contributed by atoms with Crippen molar-refractivity contribution in [3.63, 3.8) is 0 Å². The molecule has 216 valence electrons. The lowest BCUT2D eigenvalue weighted by Gasteiger charge is -2.27. The Morgan fingerprint density at radius 3 is 2.60 bits per heavy atom. The van der Waals surface area contributed by atoms with Gasteiger partial charge in [-0.25, -0.2) is 9.97 Å². The van der Waals surface area contributed by atoms with Crippen molar-refractivity contribution >= 4 is 45.4 Å². The number of rotatable bonds is 10. The minimum Gasteiger partial charge on any atom is -0.480 e. The van der Waals surface area contributed by atoms with Gasteiger partial charge >= 0.3 is 5.97 Å². The molecule has 1 N–H and O–H groups in total. The summed E-state index contributed by atoms with van der Waals surface area (Å²) in [6.07, 6.45) is 4.73. The number of carboxylic acid groups (broad SMARTS) is 1. The van der Waals surface area contributed by atoms with E-state index in [-0.39, 0.29) is 12.6 Å². The number of anilines is 1. The smallest absolute Gasteiger partial charge is 0.323 e. The fourth-order valence-electron chi connectivity index (χ4n) is 5.48. The van der Waals surface area contributed by atoms with Crippen LogP contribution in [0.4, 0.5) is 5.95 Å². The number of carbonyl (C=O) groups excluding carboxylic acids is 1. The average Bonchev–Trinajstić information content (AvgIpc) is 3.46. The topological polar surface area (TPSA) is 86.6 Å². The molecule has 7 nitrogen and oxygen atoms in total. The largest absolute Gasteiger partial charge is 0.480 e. The van der Waals surface area contributed by atoms with Crippen LogP contribution in [0.2, 0.25) is 5.02 Å². The molecule has 0 aliphatic carbocycles. The van der Waals surface area contributed by atoms with Gasteiger partial charge in [-0.15, -0.1) is 0 Å². The molecule has 1 saturated heterocycles. The van der Waals surface area contributed by atoms with Crippen molar-refractivity contribution < 1.29 is 14.7 Å². The second kappa shape index (κ2) is 13.5. The third-order valence-corrected chi connectivity index (χ3v) is 8.36. The summed E-state index contributed by atoms with van der Waals surface area (Å²) < 4.78 is 0.857. The van der Waals surface area contributed by atoms with E-state index < -0.39 is 18.4 Å². The van der Waals surface area contributed by atoms with Crippen molar-refractivity contribution in [3.8, 4) is 0 Å². The number of amides is 1. The fraction of sp³-hybridized carbons (Fsp3) is 0.273. The van der Waals surface area contributed by atoms with E-state index in [1.807, 2.05) is 60.7 Å². The van der Waals surface area contributed by atoms with Gasteiger partial charge in [0.05, 0.1) is 17.3 Å². The fourth-order valence-corrected chi connectivity index (χ4v) is 6.06. The molecular formula is C33H32BrClN4O3. The quantitative estimate of drug-likeness (QED) is 0.199. The number of hydrogen-bond acceptors (Lipinski definition) is 5. The zero-order chi connectivity index (χ0) is 29.6. The van der Waals surface area contributed by atoms with Gasteiger partial charge < -0.3 is 14.9 Å². The van der Waals surface area contributed by atoms with Gasteiger partial charge in [-0.2, -0.15) is 0 Å². The van der Waals surface area contributed by atoms with Gasteiger partial charge in [0, 0.05) is 28.8 Å². The van der Waals surface area contributed by atoms with Crippen LogP contribution < -0.4 is 4.90 Å². The summed E-state index contributed by atoms with van der Waals surface area (Å²) in [5.41, 5.74) is 5.24. The maximum atomic E-state index is 14.0. The number of carboxylic acids is 1. The lowest BCUT2D eigenvalue weighted by atomic mass is 10.0. The Bertz CT molecular complexity index is 1580. The van der Waals surface area contributed by atoms with Crippen LogP contribution in [0.15, 0.2) is 83.5 Å². The molecule has 1 atom stereocenters. The summed E-state index contributed by atoms with van der Waals surface area (Å²) in [4.78, 5) is 39.0. The lowest BCUT2D eigenvalue weighted by Crippen LogP contribution is -2.36. The summed E-state index contributed by atoms with van der Waals surface area (Å²) in [6, 6.07) is 23.6. The maximum Gasteiger partial charge on any atom is 0.323 e. The van der Waals surface area contributed by atoms with Crippen molar-refractivity contribution in [3.05, 3.63) is 122 Å². The molecule has 1 aliphatic rings. The number of aryl methyl sites for hydroxylation is 3. The zero-order valence-electron chi connectivity index (χ0n) is 23.3. The first kappa shape index (κ1) is 29.7. The van der Waals surface area contributed by atoms with Crippen molar-refractivity contribution in [2.45, 2.75) is 45.2 Å². The lowest BCUT2D eigenvalue weighted by molar-refractivity contribution is -0.137. The summed E-state index contributed by atoms with van der Waals surface area (Å²) in [7, 11) is 0. The van der Waals surface area contributed by atoms with Crippen molar-refractivity contribution in [1.82, 2.24) is 14.9 Å². The molecule has 9 heteroatoms. The van der Waals surface area contributed by atoms with E-state index in [1.54, 1.807) is 6.20 Å². The number of benzene rings is 3. The highest BCUT2D eigenvalue weighted by Crippen LogP contribution is 2.35. The molecule has 0 saturated carbocycles. The normalized spacial score (nSPS) is 14.6. The van der Waals surface area contributed by atoms with Crippen LogP contribution in [0, 0.1) is 6.92 Å². The molecule has 5 rings (SSSR count). The first-order chi connectivity index (χ1) is 20.3. The minimum atomic E-state index is -1.08. The van der Waals surface area contributed by atoms with Gasteiger partial charge in [-0.1, -0.05) is 76.1 Å². The average molecular weight is 648 g/mol. The number of nitrogens with zero attached hydrogens (tertiary/aromatic N) is 4. The van der Waals surface area contributed by atoms with Gasteiger partial charge in [0.15, 0.2) is 0 Å². The Kier molecular flexibility index (Phi) is 9.55. The molecule has 0 spiro atoms. The van der Waals surface area contributed by atoms with Crippen LogP contribution >= 0.6 is 27.5 Å². The summed E-state index contributed by atoms with van der Waals surface area (Å²) in [5, 5.41) is 10.3. The van der Waals surface area contributed by atoms with Crippen LogP contribution in [-0.4, -0.2) is 44.9 Å². The van der Waals surface area contributed by atoms with Crippen molar-refractivity contribution in [2.24, 2.45) is 0 Å². The number of halogens is 2. The molecule has 3 aromatic carbocycles. The molecule has 2 heterocycles. The van der Waals surface area contributed by atoms with Gasteiger partial charge in [0.1, 0.15) is 6.54 Å². The molecule has 4 aromatic rings. The van der Waals surface area contributed by atoms with Gasteiger partial charge in [0.2, 0.25) is 5.95 Å². The van der Waals surface area contributed by atoms with Crippen molar-refractivity contribution in [2.75, 3.05) is 18.0 Å². The van der Waals surface area contributed by atoms with Gasteiger partial charge in [-0.3, -0.25) is 9.59 Å². The van der Waals surface area contributed by atoms with E-state index in [9.17, 15) is 14.7 Å². The van der Waals surface area contributed by atoms with Crippen LogP contribution in [0.1, 0.15) is 57.2 Å². The molecule has 1 aliphatic heterocycles. The van der Waals surface area contributed by atoms with Crippen LogP contribution in [0.5, 0.6) is 0 Å². The number of aromatic nitrogens is 2. The Labute approximate surface area is 259 Å². The van der Waals surface area contributed by atoms with E-state index in [0.717, 1.165) is 35.0 Å². The van der Waals surface area contributed by atoms with E-state index in [4.69, 9.17) is 16.6 Å². The minimum absolute atomic E-state index is 0.105. The first-order valence-corrected chi connectivity index (χ1v) is 15.1. The molecule has 0 radical (unpaired) electrons. The molecule has 42 heavy (non-hydrogen) atoms. The molecular weight excluding hydrogens is 616 g/mol. The van der Waals surface area contributed by atoms with E-state index >= 15 is 0 Å². The van der Waals surface area contributed by atoms with Gasteiger partial charge in [-0.05, 0) is 79.1 Å². The number of carbonyl (C=O) groups is 2. The Morgan fingerprint density at radius 1 is 1.07 bits per heavy atom. The highest BCUT2D eigenvalue weighted by molar-refractivity contribution is 9.10. The van der Waals surface area contributed by atoms with E-state index in [0.29, 0.717) is 35.1 Å². The van der Waals surface area contributed by atoms with Crippen LogP contribution in [0.3, 0.4) is 0 Å².